The van der Waals surface area contributed by atoms with Crippen LogP contribution >= 0.6 is 0 Å². The summed E-state index contributed by atoms with van der Waals surface area (Å²) in [7, 11) is 0. The highest BCUT2D eigenvalue weighted by Crippen LogP contribution is 2.18. The molecule has 1 heterocycles. The van der Waals surface area contributed by atoms with Crippen LogP contribution in [0.5, 0.6) is 5.75 Å². The van der Waals surface area contributed by atoms with Gasteiger partial charge in [0.1, 0.15) is 17.3 Å². The summed E-state index contributed by atoms with van der Waals surface area (Å²) in [4.78, 5) is 14.8. The summed E-state index contributed by atoms with van der Waals surface area (Å²) in [6, 6.07) is 16.9. The molecule has 3 rings (SSSR count). The zero-order valence-corrected chi connectivity index (χ0v) is 16.1. The van der Waals surface area contributed by atoms with Crippen LogP contribution in [0.2, 0.25) is 0 Å². The fraction of sp³-hybridized carbons (Fsp3) is 0.261. The Bertz CT molecular complexity index is 871. The van der Waals surface area contributed by atoms with Crippen molar-refractivity contribution < 1.29 is 18.3 Å². The molecule has 0 atom stereocenters. The summed E-state index contributed by atoms with van der Waals surface area (Å²) in [5.41, 5.74) is 1.41. The number of amides is 1. The predicted molar refractivity (Wildman–Crippen MR) is 105 cm³/mol. The highest BCUT2D eigenvalue weighted by molar-refractivity contribution is 5.94. The lowest BCUT2D eigenvalue weighted by Gasteiger charge is -2.22. The van der Waals surface area contributed by atoms with Crippen LogP contribution in [0.25, 0.3) is 0 Å². The summed E-state index contributed by atoms with van der Waals surface area (Å²) in [5.74, 6) is 1.43. The van der Waals surface area contributed by atoms with Crippen LogP contribution in [0.4, 0.5) is 4.39 Å². The van der Waals surface area contributed by atoms with Crippen molar-refractivity contribution in [1.82, 2.24) is 4.90 Å². The number of carbonyl (C=O) groups is 1. The highest BCUT2D eigenvalue weighted by Gasteiger charge is 2.18. The molecule has 1 amide bonds. The van der Waals surface area contributed by atoms with Crippen LogP contribution in [0.3, 0.4) is 0 Å². The maximum Gasteiger partial charge on any atom is 0.254 e. The highest BCUT2D eigenvalue weighted by atomic mass is 19.1. The summed E-state index contributed by atoms with van der Waals surface area (Å²) in [5, 5.41) is 0. The van der Waals surface area contributed by atoms with E-state index in [0.717, 1.165) is 11.3 Å². The van der Waals surface area contributed by atoms with Crippen LogP contribution < -0.4 is 4.74 Å². The second kappa shape index (κ2) is 9.22. The van der Waals surface area contributed by atoms with E-state index in [-0.39, 0.29) is 11.7 Å². The number of furan rings is 1. The predicted octanol–water partition coefficient (Wildman–Crippen LogP) is 5.30. The molecule has 2 aromatic carbocycles. The van der Waals surface area contributed by atoms with Gasteiger partial charge in [0.15, 0.2) is 0 Å². The van der Waals surface area contributed by atoms with Crippen molar-refractivity contribution in [2.45, 2.75) is 26.9 Å². The molecule has 0 unspecified atom stereocenters. The van der Waals surface area contributed by atoms with E-state index in [4.69, 9.17) is 9.15 Å². The topological polar surface area (TPSA) is 42.7 Å². The van der Waals surface area contributed by atoms with Gasteiger partial charge >= 0.3 is 0 Å². The molecule has 28 heavy (non-hydrogen) atoms. The molecule has 0 bridgehead atoms. The van der Waals surface area contributed by atoms with Gasteiger partial charge in [-0.1, -0.05) is 26.0 Å². The number of hydrogen-bond acceptors (Lipinski definition) is 3. The minimum Gasteiger partial charge on any atom is -0.493 e. The first-order chi connectivity index (χ1) is 13.5. The molecule has 0 aliphatic carbocycles. The minimum atomic E-state index is -0.301. The Morgan fingerprint density at radius 2 is 1.75 bits per heavy atom. The lowest BCUT2D eigenvalue weighted by Crippen LogP contribution is -2.30. The average Bonchev–Trinajstić information content (AvgIpc) is 3.20. The van der Waals surface area contributed by atoms with E-state index in [9.17, 15) is 9.18 Å². The first-order valence-electron chi connectivity index (χ1n) is 9.30. The fourth-order valence-electron chi connectivity index (χ4n) is 2.74. The largest absolute Gasteiger partial charge is 0.493 e. The van der Waals surface area contributed by atoms with E-state index in [1.807, 2.05) is 6.07 Å². The summed E-state index contributed by atoms with van der Waals surface area (Å²) < 4.78 is 24.3. The number of hydrogen-bond donors (Lipinski definition) is 0. The van der Waals surface area contributed by atoms with E-state index in [1.54, 1.807) is 53.6 Å². The average molecular weight is 381 g/mol. The van der Waals surface area contributed by atoms with Crippen LogP contribution in [-0.4, -0.2) is 17.4 Å². The maximum absolute atomic E-state index is 13.2. The van der Waals surface area contributed by atoms with Gasteiger partial charge in [-0.25, -0.2) is 4.39 Å². The SMILES string of the molecule is CC(C)COc1ccc(C(=O)N(Cc2ccc(F)cc2)Cc2ccco2)cc1. The Kier molecular flexibility index (Phi) is 6.48. The Balaban J connectivity index is 1.76. The second-order valence-corrected chi connectivity index (χ2v) is 7.10. The van der Waals surface area contributed by atoms with Crippen LogP contribution in [-0.2, 0) is 13.1 Å². The quantitative estimate of drug-likeness (QED) is 0.532. The van der Waals surface area contributed by atoms with Crippen LogP contribution in [0.15, 0.2) is 71.3 Å². The van der Waals surface area contributed by atoms with Gasteiger partial charge in [-0.3, -0.25) is 4.79 Å². The first-order valence-corrected chi connectivity index (χ1v) is 9.30. The lowest BCUT2D eigenvalue weighted by molar-refractivity contribution is 0.0717. The number of ether oxygens (including phenoxy) is 1. The third-order valence-corrected chi connectivity index (χ3v) is 4.19. The Hall–Kier alpha value is -3.08. The van der Waals surface area contributed by atoms with Crippen molar-refractivity contribution in [2.75, 3.05) is 6.61 Å². The van der Waals surface area contributed by atoms with E-state index in [2.05, 4.69) is 13.8 Å². The molecule has 1 aromatic heterocycles. The summed E-state index contributed by atoms with van der Waals surface area (Å²) in [6.07, 6.45) is 1.58. The van der Waals surface area contributed by atoms with Crippen LogP contribution in [0.1, 0.15) is 35.5 Å². The molecule has 0 aliphatic rings. The molecule has 0 saturated carbocycles. The van der Waals surface area contributed by atoms with Gasteiger partial charge in [0.2, 0.25) is 0 Å². The molecule has 3 aromatic rings. The monoisotopic (exact) mass is 381 g/mol. The van der Waals surface area contributed by atoms with Gasteiger partial charge in [-0.2, -0.15) is 0 Å². The molecule has 0 radical (unpaired) electrons. The molecule has 0 saturated heterocycles. The maximum atomic E-state index is 13.2. The van der Waals surface area contributed by atoms with Crippen molar-refractivity contribution in [3.63, 3.8) is 0 Å². The van der Waals surface area contributed by atoms with E-state index >= 15 is 0 Å². The molecule has 146 valence electrons. The number of rotatable bonds is 8. The Morgan fingerprint density at radius 1 is 1.04 bits per heavy atom. The lowest BCUT2D eigenvalue weighted by atomic mass is 10.1. The fourth-order valence-corrected chi connectivity index (χ4v) is 2.74. The molecule has 4 nitrogen and oxygen atoms in total. The van der Waals surface area contributed by atoms with Gasteiger partial charge in [-0.05, 0) is 60.0 Å². The van der Waals surface area contributed by atoms with Crippen molar-refractivity contribution in [1.29, 1.82) is 0 Å². The zero-order chi connectivity index (χ0) is 19.9. The molecular formula is C23H24FNO3. The Labute approximate surface area is 164 Å². The standard InChI is InChI=1S/C23H24FNO3/c1-17(2)16-28-21-11-7-19(8-12-21)23(26)25(15-22-4-3-13-27-22)14-18-5-9-20(24)10-6-18/h3-13,17H,14-16H2,1-2H3. The van der Waals surface area contributed by atoms with Crippen molar-refractivity contribution in [3.8, 4) is 5.75 Å². The smallest absolute Gasteiger partial charge is 0.254 e. The zero-order valence-electron chi connectivity index (χ0n) is 16.1. The summed E-state index contributed by atoms with van der Waals surface area (Å²) in [6.45, 7) is 5.47. The molecule has 0 fully saturated rings. The number of benzene rings is 2. The van der Waals surface area contributed by atoms with Gasteiger partial charge in [0.25, 0.3) is 5.91 Å². The third-order valence-electron chi connectivity index (χ3n) is 4.19. The van der Waals surface area contributed by atoms with E-state index in [1.165, 1.54) is 12.1 Å². The number of halogens is 1. The second-order valence-electron chi connectivity index (χ2n) is 7.10. The normalized spacial score (nSPS) is 10.9. The molecule has 0 N–H and O–H groups in total. The minimum absolute atomic E-state index is 0.129. The van der Waals surface area contributed by atoms with Crippen LogP contribution in [0, 0.1) is 11.7 Å². The molecule has 5 heteroatoms. The van der Waals surface area contributed by atoms with Gasteiger partial charge < -0.3 is 14.1 Å². The Morgan fingerprint density at radius 3 is 2.36 bits per heavy atom. The molecular weight excluding hydrogens is 357 g/mol. The summed E-state index contributed by atoms with van der Waals surface area (Å²) >= 11 is 0. The van der Waals surface area contributed by atoms with Gasteiger partial charge in [0.05, 0.1) is 19.4 Å². The van der Waals surface area contributed by atoms with Gasteiger partial charge in [0, 0.05) is 12.1 Å². The molecule has 0 aliphatic heterocycles. The number of carbonyl (C=O) groups excluding carboxylic acids is 1. The van der Waals surface area contributed by atoms with Gasteiger partial charge in [-0.15, -0.1) is 0 Å². The molecule has 0 spiro atoms. The van der Waals surface area contributed by atoms with E-state index in [0.29, 0.717) is 36.9 Å². The van der Waals surface area contributed by atoms with E-state index < -0.39 is 0 Å². The van der Waals surface area contributed by atoms with Crippen molar-refractivity contribution >= 4 is 5.91 Å². The number of nitrogens with zero attached hydrogens (tertiary/aromatic N) is 1. The first kappa shape index (κ1) is 19.7. The van der Waals surface area contributed by atoms with Crippen molar-refractivity contribution in [2.24, 2.45) is 5.92 Å². The third kappa shape index (κ3) is 5.46. The van der Waals surface area contributed by atoms with Crippen molar-refractivity contribution in [3.05, 3.63) is 89.6 Å².